The zero-order valence-corrected chi connectivity index (χ0v) is 16.9. The third-order valence-electron chi connectivity index (χ3n) is 4.86. The van der Waals surface area contributed by atoms with E-state index in [0.29, 0.717) is 24.3 Å². The Balaban J connectivity index is 1.93. The molecule has 1 aromatic carbocycles. The number of aliphatic hydroxyl groups is 1. The number of hydrogen-bond acceptors (Lipinski definition) is 7. The molecule has 8 heteroatoms. The minimum absolute atomic E-state index is 0.0148. The predicted molar refractivity (Wildman–Crippen MR) is 106 cm³/mol. The summed E-state index contributed by atoms with van der Waals surface area (Å²) in [5.74, 6) is -1.29. The topological polar surface area (TPSA) is 115 Å². The van der Waals surface area contributed by atoms with E-state index >= 15 is 0 Å². The molecule has 1 saturated heterocycles. The van der Waals surface area contributed by atoms with Gasteiger partial charge in [-0.15, -0.1) is 0 Å². The molecule has 1 fully saturated rings. The molecular formula is C20H27NO6S. The molecule has 3 N–H and O–H groups in total. The quantitative estimate of drug-likeness (QED) is 0.561. The van der Waals surface area contributed by atoms with Crippen molar-refractivity contribution in [2.75, 3.05) is 12.3 Å². The standard InChI is InChI=1S/C20H27NO6S/c1-3-28-20(27)14-5-4-8-21(14)19(26)12(2)9-16(23)18(25)11-13-6-7-15(22)17(24)10-13/h6-7,10,12,14,18,22,24-25H,3-5,8-9,11H2,1-2H3. The van der Waals surface area contributed by atoms with Crippen LogP contribution in [0.3, 0.4) is 0 Å². The van der Waals surface area contributed by atoms with Gasteiger partial charge in [0, 0.05) is 25.3 Å². The van der Waals surface area contributed by atoms with Gasteiger partial charge in [0.15, 0.2) is 17.3 Å². The Hall–Kier alpha value is -2.06. The molecule has 3 atom stereocenters. The van der Waals surface area contributed by atoms with Gasteiger partial charge in [-0.25, -0.2) is 0 Å². The van der Waals surface area contributed by atoms with Crippen molar-refractivity contribution in [3.05, 3.63) is 23.8 Å². The Labute approximate surface area is 168 Å². The van der Waals surface area contributed by atoms with Crippen LogP contribution in [0.4, 0.5) is 0 Å². The Bertz CT molecular complexity index is 737. The number of thioether (sulfide) groups is 1. The number of aromatic hydroxyl groups is 2. The van der Waals surface area contributed by atoms with Crippen LogP contribution >= 0.6 is 11.8 Å². The molecule has 0 bridgehead atoms. The first-order chi connectivity index (χ1) is 13.2. The summed E-state index contributed by atoms with van der Waals surface area (Å²) in [7, 11) is 0. The van der Waals surface area contributed by atoms with Crippen molar-refractivity contribution < 1.29 is 29.7 Å². The van der Waals surface area contributed by atoms with Crippen LogP contribution in [0.2, 0.25) is 0 Å². The summed E-state index contributed by atoms with van der Waals surface area (Å²) in [6.07, 6.45) is -0.0509. The van der Waals surface area contributed by atoms with Gasteiger partial charge in [0.25, 0.3) is 0 Å². The molecular weight excluding hydrogens is 382 g/mol. The number of rotatable bonds is 8. The number of phenolic OH excluding ortho intramolecular Hbond substituents is 2. The van der Waals surface area contributed by atoms with Crippen LogP contribution < -0.4 is 0 Å². The molecule has 2 rings (SSSR count). The number of likely N-dealkylation sites (tertiary alicyclic amines) is 1. The number of amides is 1. The van der Waals surface area contributed by atoms with E-state index in [1.165, 1.54) is 30.0 Å². The van der Waals surface area contributed by atoms with Gasteiger partial charge in [-0.2, -0.15) is 0 Å². The molecule has 0 spiro atoms. The summed E-state index contributed by atoms with van der Waals surface area (Å²) < 4.78 is 0. The fraction of sp³-hybridized carbons (Fsp3) is 0.550. The summed E-state index contributed by atoms with van der Waals surface area (Å²) in [4.78, 5) is 38.8. The third kappa shape index (κ3) is 5.48. The molecule has 3 unspecified atom stereocenters. The van der Waals surface area contributed by atoms with Crippen molar-refractivity contribution in [1.29, 1.82) is 0 Å². The zero-order chi connectivity index (χ0) is 20.8. The lowest BCUT2D eigenvalue weighted by atomic mass is 9.96. The van der Waals surface area contributed by atoms with E-state index in [0.717, 1.165) is 6.42 Å². The number of carbonyl (C=O) groups excluding carboxylic acids is 3. The Kier molecular flexibility index (Phi) is 7.88. The van der Waals surface area contributed by atoms with Crippen molar-refractivity contribution in [3.8, 4) is 11.5 Å². The molecule has 1 aliphatic heterocycles. The molecule has 0 radical (unpaired) electrons. The van der Waals surface area contributed by atoms with Crippen molar-refractivity contribution in [1.82, 2.24) is 4.90 Å². The van der Waals surface area contributed by atoms with Gasteiger partial charge in [0.1, 0.15) is 12.1 Å². The van der Waals surface area contributed by atoms with Crippen molar-refractivity contribution in [2.45, 2.75) is 51.7 Å². The second-order valence-electron chi connectivity index (χ2n) is 7.06. The van der Waals surface area contributed by atoms with Gasteiger partial charge >= 0.3 is 0 Å². The lowest BCUT2D eigenvalue weighted by Gasteiger charge is -2.26. The molecule has 1 heterocycles. The van der Waals surface area contributed by atoms with Crippen LogP contribution in [-0.2, 0) is 20.8 Å². The summed E-state index contributed by atoms with van der Waals surface area (Å²) >= 11 is 1.21. The maximum Gasteiger partial charge on any atom is 0.226 e. The van der Waals surface area contributed by atoms with Gasteiger partial charge in [-0.05, 0) is 36.3 Å². The number of ketones is 1. The fourth-order valence-electron chi connectivity index (χ4n) is 3.36. The highest BCUT2D eigenvalue weighted by molar-refractivity contribution is 8.13. The summed E-state index contributed by atoms with van der Waals surface area (Å²) in [5, 5.41) is 29.0. The van der Waals surface area contributed by atoms with Crippen LogP contribution in [0, 0.1) is 5.92 Å². The smallest absolute Gasteiger partial charge is 0.226 e. The molecule has 1 amide bonds. The van der Waals surface area contributed by atoms with E-state index in [-0.39, 0.29) is 35.4 Å². The fourth-order valence-corrected chi connectivity index (χ4v) is 4.08. The lowest BCUT2D eigenvalue weighted by molar-refractivity contribution is -0.141. The van der Waals surface area contributed by atoms with E-state index < -0.39 is 23.8 Å². The molecule has 0 saturated carbocycles. The van der Waals surface area contributed by atoms with E-state index in [1.807, 2.05) is 6.92 Å². The van der Waals surface area contributed by atoms with Gasteiger partial charge in [-0.1, -0.05) is 31.7 Å². The molecule has 1 aromatic rings. The van der Waals surface area contributed by atoms with E-state index in [2.05, 4.69) is 0 Å². The van der Waals surface area contributed by atoms with Gasteiger partial charge in [-0.3, -0.25) is 14.4 Å². The number of benzene rings is 1. The normalized spacial score (nSPS) is 18.7. The summed E-state index contributed by atoms with van der Waals surface area (Å²) in [6, 6.07) is 3.64. The SMILES string of the molecule is CCSC(=O)C1CCCN1C(=O)C(C)CC(=O)C(O)Cc1ccc(O)c(O)c1. The summed E-state index contributed by atoms with van der Waals surface area (Å²) in [6.45, 7) is 4.03. The van der Waals surface area contributed by atoms with Crippen LogP contribution in [0.25, 0.3) is 0 Å². The van der Waals surface area contributed by atoms with Crippen molar-refractivity contribution in [2.24, 2.45) is 5.92 Å². The molecule has 28 heavy (non-hydrogen) atoms. The molecule has 7 nitrogen and oxygen atoms in total. The molecule has 154 valence electrons. The predicted octanol–water partition coefficient (Wildman–Crippen LogP) is 1.87. The van der Waals surface area contributed by atoms with Crippen LogP contribution in [0.5, 0.6) is 11.5 Å². The lowest BCUT2D eigenvalue weighted by Crippen LogP contribution is -2.43. The first kappa shape index (κ1) is 22.2. The zero-order valence-electron chi connectivity index (χ0n) is 16.1. The third-order valence-corrected chi connectivity index (χ3v) is 5.71. The van der Waals surface area contributed by atoms with E-state index in [1.54, 1.807) is 11.8 Å². The minimum atomic E-state index is -1.31. The van der Waals surface area contributed by atoms with Crippen LogP contribution in [0.15, 0.2) is 18.2 Å². The number of carbonyl (C=O) groups is 3. The largest absolute Gasteiger partial charge is 0.504 e. The Morgan fingerprint density at radius 2 is 1.96 bits per heavy atom. The van der Waals surface area contributed by atoms with Crippen LogP contribution in [-0.4, -0.2) is 61.5 Å². The molecule has 0 aliphatic carbocycles. The van der Waals surface area contributed by atoms with Gasteiger partial charge in [0.2, 0.25) is 11.0 Å². The second-order valence-corrected chi connectivity index (χ2v) is 8.32. The maximum absolute atomic E-state index is 12.7. The van der Waals surface area contributed by atoms with E-state index in [4.69, 9.17) is 0 Å². The number of phenols is 2. The maximum atomic E-state index is 12.7. The first-order valence-electron chi connectivity index (χ1n) is 9.43. The Morgan fingerprint density at radius 1 is 1.25 bits per heavy atom. The molecule has 1 aliphatic rings. The van der Waals surface area contributed by atoms with Crippen molar-refractivity contribution in [3.63, 3.8) is 0 Å². The highest BCUT2D eigenvalue weighted by Gasteiger charge is 2.36. The number of Topliss-reactive ketones (excluding diaryl/α,β-unsaturated/α-hetero) is 1. The molecule has 0 aromatic heterocycles. The minimum Gasteiger partial charge on any atom is -0.504 e. The Morgan fingerprint density at radius 3 is 2.61 bits per heavy atom. The number of hydrogen-bond donors (Lipinski definition) is 3. The first-order valence-corrected chi connectivity index (χ1v) is 10.4. The average Bonchev–Trinajstić information content (AvgIpc) is 3.14. The second kappa shape index (κ2) is 9.93. The number of aliphatic hydroxyl groups excluding tert-OH is 1. The number of nitrogens with zero attached hydrogens (tertiary/aromatic N) is 1. The summed E-state index contributed by atoms with van der Waals surface area (Å²) in [5.41, 5.74) is 0.497. The highest BCUT2D eigenvalue weighted by atomic mass is 32.2. The van der Waals surface area contributed by atoms with Crippen molar-refractivity contribution >= 4 is 28.6 Å². The average molecular weight is 410 g/mol. The van der Waals surface area contributed by atoms with Gasteiger partial charge in [0.05, 0.1) is 0 Å². The van der Waals surface area contributed by atoms with Crippen LogP contribution in [0.1, 0.15) is 38.7 Å². The van der Waals surface area contributed by atoms with E-state index in [9.17, 15) is 29.7 Å². The van der Waals surface area contributed by atoms with Gasteiger partial charge < -0.3 is 20.2 Å². The monoisotopic (exact) mass is 409 g/mol. The highest BCUT2D eigenvalue weighted by Crippen LogP contribution is 2.27.